The zero-order valence-electron chi connectivity index (χ0n) is 10.4. The van der Waals surface area contributed by atoms with Crippen LogP contribution >= 0.6 is 11.6 Å². The van der Waals surface area contributed by atoms with Gasteiger partial charge in [-0.2, -0.15) is 0 Å². The Morgan fingerprint density at radius 2 is 1.84 bits per heavy atom. The lowest BCUT2D eigenvalue weighted by Crippen LogP contribution is -2.04. The zero-order chi connectivity index (χ0) is 13.7. The van der Waals surface area contributed by atoms with Crippen LogP contribution in [-0.4, -0.2) is 5.97 Å². The van der Waals surface area contributed by atoms with Gasteiger partial charge in [-0.3, -0.25) is 4.79 Å². The largest absolute Gasteiger partial charge is 0.485 e. The Morgan fingerprint density at radius 3 is 2.53 bits per heavy atom. The third kappa shape index (κ3) is 4.00. The first-order valence-corrected chi connectivity index (χ1v) is 6.17. The lowest BCUT2D eigenvalue weighted by molar-refractivity contribution is -0.132. The number of benzene rings is 2. The summed E-state index contributed by atoms with van der Waals surface area (Å²) in [7, 11) is 0. The second-order valence-corrected chi connectivity index (χ2v) is 4.40. The fourth-order valence-electron chi connectivity index (χ4n) is 1.57. The average molecular weight is 277 g/mol. The Bertz CT molecular complexity index is 567. The molecule has 0 unspecified atom stereocenters. The highest BCUT2D eigenvalue weighted by molar-refractivity contribution is 6.30. The summed E-state index contributed by atoms with van der Waals surface area (Å²) >= 11 is 5.87. The highest BCUT2D eigenvalue weighted by Gasteiger charge is 2.08. The van der Waals surface area contributed by atoms with Gasteiger partial charge >= 0.3 is 5.97 Å². The minimum Gasteiger partial charge on any atom is -0.485 e. The van der Waals surface area contributed by atoms with Gasteiger partial charge in [0.05, 0.1) is 0 Å². The molecule has 2 aromatic rings. The summed E-state index contributed by atoms with van der Waals surface area (Å²) in [6.07, 6.45) is 0. The number of hydrogen-bond donors (Lipinski definition) is 0. The van der Waals surface area contributed by atoms with Gasteiger partial charge in [-0.1, -0.05) is 41.9 Å². The van der Waals surface area contributed by atoms with Gasteiger partial charge in [-0.25, -0.2) is 0 Å². The van der Waals surface area contributed by atoms with Gasteiger partial charge in [0.15, 0.2) is 11.5 Å². The second kappa shape index (κ2) is 6.25. The lowest BCUT2D eigenvalue weighted by Gasteiger charge is -2.11. The first-order chi connectivity index (χ1) is 9.15. The van der Waals surface area contributed by atoms with Crippen LogP contribution in [0.2, 0.25) is 5.02 Å². The van der Waals surface area contributed by atoms with Gasteiger partial charge in [-0.15, -0.1) is 0 Å². The van der Waals surface area contributed by atoms with Gasteiger partial charge < -0.3 is 9.47 Å². The molecule has 0 aliphatic rings. The van der Waals surface area contributed by atoms with Gasteiger partial charge in [0, 0.05) is 18.0 Å². The fourth-order valence-corrected chi connectivity index (χ4v) is 1.73. The van der Waals surface area contributed by atoms with Crippen molar-refractivity contribution in [3.05, 3.63) is 59.1 Å². The standard InChI is InChI=1S/C15H13ClO3/c1-11(17)19-15-9-13(16)7-8-14(15)18-10-12-5-3-2-4-6-12/h2-9H,10H2,1H3. The van der Waals surface area contributed by atoms with Gasteiger partial charge in [0.2, 0.25) is 0 Å². The highest BCUT2D eigenvalue weighted by Crippen LogP contribution is 2.31. The third-order valence-corrected chi connectivity index (χ3v) is 2.63. The number of ether oxygens (including phenoxy) is 2. The molecule has 0 radical (unpaired) electrons. The Kier molecular flexibility index (Phi) is 4.42. The molecule has 0 saturated carbocycles. The van der Waals surface area contributed by atoms with Crippen molar-refractivity contribution in [3.63, 3.8) is 0 Å². The van der Waals surface area contributed by atoms with E-state index in [-0.39, 0.29) is 0 Å². The Hall–Kier alpha value is -2.00. The monoisotopic (exact) mass is 276 g/mol. The maximum Gasteiger partial charge on any atom is 0.308 e. The molecule has 2 aromatic carbocycles. The van der Waals surface area contributed by atoms with E-state index in [1.165, 1.54) is 6.92 Å². The molecule has 0 amide bonds. The van der Waals surface area contributed by atoms with Gasteiger partial charge in [0.25, 0.3) is 0 Å². The van der Waals surface area contributed by atoms with Crippen LogP contribution in [0.15, 0.2) is 48.5 Å². The summed E-state index contributed by atoms with van der Waals surface area (Å²) in [5.74, 6) is 0.409. The van der Waals surface area contributed by atoms with Crippen molar-refractivity contribution in [2.45, 2.75) is 13.5 Å². The topological polar surface area (TPSA) is 35.5 Å². The van der Waals surface area contributed by atoms with E-state index in [4.69, 9.17) is 21.1 Å². The normalized spacial score (nSPS) is 10.0. The number of hydrogen-bond acceptors (Lipinski definition) is 3. The minimum absolute atomic E-state index is 0.330. The predicted octanol–water partition coefficient (Wildman–Crippen LogP) is 3.84. The maximum atomic E-state index is 11.0. The summed E-state index contributed by atoms with van der Waals surface area (Å²) in [6.45, 7) is 1.73. The minimum atomic E-state index is -0.410. The van der Waals surface area contributed by atoms with Gasteiger partial charge in [0.1, 0.15) is 6.61 Å². The van der Waals surface area contributed by atoms with Crippen molar-refractivity contribution in [1.82, 2.24) is 0 Å². The number of carbonyl (C=O) groups excluding carboxylic acids is 1. The van der Waals surface area contributed by atoms with Crippen LogP contribution in [-0.2, 0) is 11.4 Å². The summed E-state index contributed by atoms with van der Waals surface area (Å²) in [5.41, 5.74) is 1.03. The van der Waals surface area contributed by atoms with E-state index in [2.05, 4.69) is 0 Å². The zero-order valence-corrected chi connectivity index (χ0v) is 11.2. The molecule has 19 heavy (non-hydrogen) atoms. The molecular formula is C15H13ClO3. The number of halogens is 1. The second-order valence-electron chi connectivity index (χ2n) is 3.96. The average Bonchev–Trinajstić information content (AvgIpc) is 2.38. The number of esters is 1. The molecule has 2 rings (SSSR count). The smallest absolute Gasteiger partial charge is 0.308 e. The van der Waals surface area contributed by atoms with Crippen molar-refractivity contribution in [1.29, 1.82) is 0 Å². The summed E-state index contributed by atoms with van der Waals surface area (Å²) in [5, 5.41) is 0.489. The molecule has 98 valence electrons. The number of rotatable bonds is 4. The Labute approximate surface area is 116 Å². The molecule has 0 atom stereocenters. The molecule has 0 heterocycles. The summed E-state index contributed by atoms with van der Waals surface area (Å²) in [6, 6.07) is 14.7. The lowest BCUT2D eigenvalue weighted by atomic mass is 10.2. The fraction of sp³-hybridized carbons (Fsp3) is 0.133. The Balaban J connectivity index is 2.13. The molecule has 0 aromatic heterocycles. The van der Waals surface area contributed by atoms with Crippen molar-refractivity contribution in [2.75, 3.05) is 0 Å². The molecule has 0 bridgehead atoms. The Morgan fingerprint density at radius 1 is 1.11 bits per heavy atom. The van der Waals surface area contributed by atoms with E-state index in [9.17, 15) is 4.79 Å². The first kappa shape index (κ1) is 13.4. The van der Waals surface area contributed by atoms with Crippen molar-refractivity contribution in [3.8, 4) is 11.5 Å². The molecule has 3 nitrogen and oxygen atoms in total. The molecule has 0 aliphatic carbocycles. The maximum absolute atomic E-state index is 11.0. The number of carbonyl (C=O) groups is 1. The van der Waals surface area contributed by atoms with E-state index in [0.717, 1.165) is 5.56 Å². The molecule has 4 heteroatoms. The van der Waals surface area contributed by atoms with E-state index in [1.807, 2.05) is 30.3 Å². The van der Waals surface area contributed by atoms with E-state index < -0.39 is 5.97 Å². The molecule has 0 aliphatic heterocycles. The molecule has 0 N–H and O–H groups in total. The van der Waals surface area contributed by atoms with Crippen LogP contribution in [0.3, 0.4) is 0 Å². The van der Waals surface area contributed by atoms with Crippen molar-refractivity contribution < 1.29 is 14.3 Å². The van der Waals surface area contributed by atoms with Crippen LogP contribution in [0, 0.1) is 0 Å². The van der Waals surface area contributed by atoms with E-state index in [1.54, 1.807) is 18.2 Å². The molecule has 0 fully saturated rings. The van der Waals surface area contributed by atoms with Crippen LogP contribution < -0.4 is 9.47 Å². The first-order valence-electron chi connectivity index (χ1n) is 5.80. The SMILES string of the molecule is CC(=O)Oc1cc(Cl)ccc1OCc1ccccc1. The third-order valence-electron chi connectivity index (χ3n) is 2.40. The quantitative estimate of drug-likeness (QED) is 0.629. The summed E-state index contributed by atoms with van der Waals surface area (Å²) < 4.78 is 10.7. The van der Waals surface area contributed by atoms with Crippen LogP contribution in [0.1, 0.15) is 12.5 Å². The van der Waals surface area contributed by atoms with Crippen molar-refractivity contribution >= 4 is 17.6 Å². The van der Waals surface area contributed by atoms with Crippen LogP contribution in [0.25, 0.3) is 0 Å². The van der Waals surface area contributed by atoms with Crippen molar-refractivity contribution in [2.24, 2.45) is 0 Å². The van der Waals surface area contributed by atoms with Gasteiger partial charge in [-0.05, 0) is 17.7 Å². The highest BCUT2D eigenvalue weighted by atomic mass is 35.5. The van der Waals surface area contributed by atoms with E-state index in [0.29, 0.717) is 23.1 Å². The molecule has 0 spiro atoms. The van der Waals surface area contributed by atoms with E-state index >= 15 is 0 Å². The molecular weight excluding hydrogens is 264 g/mol. The summed E-state index contributed by atoms with van der Waals surface area (Å²) in [4.78, 5) is 11.0. The predicted molar refractivity (Wildman–Crippen MR) is 73.5 cm³/mol. The van der Waals surface area contributed by atoms with Crippen LogP contribution in [0.5, 0.6) is 11.5 Å². The molecule has 0 saturated heterocycles. The van der Waals surface area contributed by atoms with Crippen LogP contribution in [0.4, 0.5) is 0 Å².